The first kappa shape index (κ1) is 18.8. The number of hydrogen-bond donors (Lipinski definition) is 1. The summed E-state index contributed by atoms with van der Waals surface area (Å²) in [5.74, 6) is -1.41. The third-order valence-electron chi connectivity index (χ3n) is 4.44. The van der Waals surface area contributed by atoms with Crippen molar-refractivity contribution in [1.82, 2.24) is 9.71 Å². The van der Waals surface area contributed by atoms with Crippen molar-refractivity contribution in [3.8, 4) is 11.1 Å². The average molecular weight is 388 g/mol. The standard InChI is InChI=1S/C17H16F4N2O2S/c1-2-26(24,25)23-16-6-4-11-12(8-22-9-13(11)16)10-3-5-14(15(18)7-10)17(19,20)21/h3,5,7-9,16,23H,2,4,6H2,1H3/t16-/m0/s1. The van der Waals surface area contributed by atoms with Crippen LogP contribution in [0.2, 0.25) is 0 Å². The Morgan fingerprint density at radius 3 is 2.62 bits per heavy atom. The number of halogens is 4. The third-order valence-corrected chi connectivity index (χ3v) is 5.84. The Labute approximate surface area is 148 Å². The SMILES string of the molecule is CCS(=O)(=O)N[C@H]1CCc2c(-c3ccc(C(F)(F)F)c(F)c3)cncc21. The summed E-state index contributed by atoms with van der Waals surface area (Å²) in [6, 6.07) is 2.30. The molecule has 9 heteroatoms. The van der Waals surface area contributed by atoms with Crippen LogP contribution in [0, 0.1) is 5.82 Å². The van der Waals surface area contributed by atoms with E-state index in [0.29, 0.717) is 30.0 Å². The highest BCUT2D eigenvalue weighted by atomic mass is 32.2. The Kier molecular flexibility index (Phi) is 4.78. The van der Waals surface area contributed by atoms with Crippen LogP contribution in [-0.4, -0.2) is 19.2 Å². The zero-order valence-corrected chi connectivity index (χ0v) is 14.6. The lowest BCUT2D eigenvalue weighted by atomic mass is 9.98. The van der Waals surface area contributed by atoms with Gasteiger partial charge in [-0.15, -0.1) is 0 Å². The second kappa shape index (κ2) is 6.62. The van der Waals surface area contributed by atoms with Gasteiger partial charge in [0.2, 0.25) is 10.0 Å². The normalized spacial score (nSPS) is 17.3. The lowest BCUT2D eigenvalue weighted by Crippen LogP contribution is -2.28. The Bertz CT molecular complexity index is 942. The summed E-state index contributed by atoms with van der Waals surface area (Å²) in [5, 5.41) is 0. The summed E-state index contributed by atoms with van der Waals surface area (Å²) >= 11 is 0. The van der Waals surface area contributed by atoms with E-state index >= 15 is 0 Å². The van der Waals surface area contributed by atoms with Crippen LogP contribution in [-0.2, 0) is 22.6 Å². The molecular formula is C17H16F4N2O2S. The van der Waals surface area contributed by atoms with Gasteiger partial charge in [0.25, 0.3) is 0 Å². The number of rotatable bonds is 4. The molecule has 0 saturated carbocycles. The first-order valence-corrected chi connectivity index (χ1v) is 9.61. The van der Waals surface area contributed by atoms with Gasteiger partial charge in [0, 0.05) is 24.0 Å². The Hall–Kier alpha value is -2.00. The number of alkyl halides is 3. The highest BCUT2D eigenvalue weighted by Crippen LogP contribution is 2.39. The van der Waals surface area contributed by atoms with Gasteiger partial charge in [-0.25, -0.2) is 17.5 Å². The van der Waals surface area contributed by atoms with E-state index in [2.05, 4.69) is 9.71 Å². The van der Waals surface area contributed by atoms with E-state index in [4.69, 9.17) is 0 Å². The predicted molar refractivity (Wildman–Crippen MR) is 88.3 cm³/mol. The minimum absolute atomic E-state index is 0.0595. The van der Waals surface area contributed by atoms with Crippen molar-refractivity contribution in [3.05, 3.63) is 53.1 Å². The molecule has 1 aromatic carbocycles. The molecule has 0 fully saturated rings. The molecule has 4 nitrogen and oxygen atoms in total. The molecule has 1 aromatic heterocycles. The predicted octanol–water partition coefficient (Wildman–Crippen LogP) is 3.83. The summed E-state index contributed by atoms with van der Waals surface area (Å²) in [6.07, 6.45) is -0.737. The number of fused-ring (bicyclic) bond motifs is 1. The Morgan fingerprint density at radius 2 is 2.00 bits per heavy atom. The van der Waals surface area contributed by atoms with Gasteiger partial charge in [-0.2, -0.15) is 13.2 Å². The van der Waals surface area contributed by atoms with Gasteiger partial charge in [0.15, 0.2) is 0 Å². The maximum absolute atomic E-state index is 13.9. The number of aromatic nitrogens is 1. The summed E-state index contributed by atoms with van der Waals surface area (Å²) in [7, 11) is -3.41. The van der Waals surface area contributed by atoms with E-state index < -0.39 is 33.6 Å². The van der Waals surface area contributed by atoms with Gasteiger partial charge in [-0.05, 0) is 48.6 Å². The maximum Gasteiger partial charge on any atom is 0.419 e. The molecule has 1 aliphatic carbocycles. The van der Waals surface area contributed by atoms with E-state index in [-0.39, 0.29) is 11.3 Å². The molecule has 0 spiro atoms. The lowest BCUT2D eigenvalue weighted by molar-refractivity contribution is -0.139. The van der Waals surface area contributed by atoms with E-state index in [1.165, 1.54) is 25.4 Å². The summed E-state index contributed by atoms with van der Waals surface area (Å²) in [6.45, 7) is 1.53. The van der Waals surface area contributed by atoms with E-state index in [1.807, 2.05) is 0 Å². The van der Waals surface area contributed by atoms with Gasteiger partial charge < -0.3 is 0 Å². The maximum atomic E-state index is 13.9. The summed E-state index contributed by atoms with van der Waals surface area (Å²) in [5.41, 5.74) is 0.894. The monoisotopic (exact) mass is 388 g/mol. The van der Waals surface area contributed by atoms with Crippen LogP contribution in [0.25, 0.3) is 11.1 Å². The Morgan fingerprint density at radius 1 is 1.27 bits per heavy atom. The Balaban J connectivity index is 2.00. The lowest BCUT2D eigenvalue weighted by Gasteiger charge is -2.15. The molecule has 3 rings (SSSR count). The van der Waals surface area contributed by atoms with Crippen molar-refractivity contribution in [2.24, 2.45) is 0 Å². The van der Waals surface area contributed by atoms with Crippen LogP contribution in [0.3, 0.4) is 0 Å². The smallest absolute Gasteiger partial charge is 0.264 e. The minimum Gasteiger partial charge on any atom is -0.264 e. The minimum atomic E-state index is -4.76. The second-order valence-electron chi connectivity index (χ2n) is 6.06. The molecule has 0 aliphatic heterocycles. The molecule has 2 aromatic rings. The van der Waals surface area contributed by atoms with E-state index in [0.717, 1.165) is 11.6 Å². The number of sulfonamides is 1. The number of nitrogens with zero attached hydrogens (tertiary/aromatic N) is 1. The zero-order valence-electron chi connectivity index (χ0n) is 13.8. The molecule has 0 unspecified atom stereocenters. The molecule has 1 aliphatic rings. The molecule has 0 bridgehead atoms. The molecule has 1 heterocycles. The second-order valence-corrected chi connectivity index (χ2v) is 8.10. The molecule has 0 saturated heterocycles. The van der Waals surface area contributed by atoms with Gasteiger partial charge in [-0.3, -0.25) is 4.98 Å². The molecule has 140 valence electrons. The van der Waals surface area contributed by atoms with Crippen LogP contribution in [0.15, 0.2) is 30.6 Å². The van der Waals surface area contributed by atoms with E-state index in [9.17, 15) is 26.0 Å². The van der Waals surface area contributed by atoms with E-state index in [1.54, 1.807) is 0 Å². The fourth-order valence-corrected chi connectivity index (χ4v) is 3.96. The van der Waals surface area contributed by atoms with Crippen LogP contribution in [0.1, 0.15) is 36.1 Å². The van der Waals surface area contributed by atoms with Gasteiger partial charge in [0.1, 0.15) is 5.82 Å². The first-order chi connectivity index (χ1) is 12.1. The first-order valence-electron chi connectivity index (χ1n) is 7.96. The van der Waals surface area contributed by atoms with Crippen LogP contribution in [0.4, 0.5) is 17.6 Å². The molecule has 0 amide bonds. The van der Waals surface area contributed by atoms with Gasteiger partial charge in [-0.1, -0.05) is 6.07 Å². The van der Waals surface area contributed by atoms with Crippen molar-refractivity contribution >= 4 is 10.0 Å². The van der Waals surface area contributed by atoms with Crippen molar-refractivity contribution in [1.29, 1.82) is 0 Å². The zero-order chi connectivity index (χ0) is 19.1. The highest BCUT2D eigenvalue weighted by Gasteiger charge is 2.34. The van der Waals surface area contributed by atoms with Crippen LogP contribution in [0.5, 0.6) is 0 Å². The highest BCUT2D eigenvalue weighted by molar-refractivity contribution is 7.89. The number of nitrogens with one attached hydrogen (secondary N) is 1. The largest absolute Gasteiger partial charge is 0.419 e. The molecule has 1 N–H and O–H groups in total. The fourth-order valence-electron chi connectivity index (χ4n) is 3.11. The molecule has 0 radical (unpaired) electrons. The van der Waals surface area contributed by atoms with Crippen LogP contribution < -0.4 is 4.72 Å². The van der Waals surface area contributed by atoms with Crippen molar-refractivity contribution in [3.63, 3.8) is 0 Å². The van der Waals surface area contributed by atoms with Crippen LogP contribution >= 0.6 is 0 Å². The topological polar surface area (TPSA) is 59.1 Å². The summed E-state index contributed by atoms with van der Waals surface area (Å²) < 4.78 is 78.3. The van der Waals surface area contributed by atoms with Gasteiger partial charge in [0.05, 0.1) is 11.3 Å². The van der Waals surface area contributed by atoms with Gasteiger partial charge >= 0.3 is 6.18 Å². The van der Waals surface area contributed by atoms with Crippen molar-refractivity contribution < 1.29 is 26.0 Å². The fraction of sp³-hybridized carbons (Fsp3) is 0.353. The molecule has 26 heavy (non-hydrogen) atoms. The summed E-state index contributed by atoms with van der Waals surface area (Å²) in [4.78, 5) is 4.06. The third kappa shape index (κ3) is 3.59. The molecule has 1 atom stereocenters. The molecular weight excluding hydrogens is 372 g/mol. The number of pyridine rings is 1. The number of hydrogen-bond acceptors (Lipinski definition) is 3. The van der Waals surface area contributed by atoms with Crippen molar-refractivity contribution in [2.45, 2.75) is 32.0 Å². The quantitative estimate of drug-likeness (QED) is 0.810. The number of benzene rings is 1. The average Bonchev–Trinajstić information content (AvgIpc) is 2.96. The van der Waals surface area contributed by atoms with Crippen molar-refractivity contribution in [2.75, 3.05) is 5.75 Å².